The second kappa shape index (κ2) is 6.91. The summed E-state index contributed by atoms with van der Waals surface area (Å²) in [6.07, 6.45) is 5.52. The van der Waals surface area contributed by atoms with Crippen LogP contribution in [0, 0.1) is 11.3 Å². The van der Waals surface area contributed by atoms with Gasteiger partial charge in [-0.05, 0) is 64.7 Å². The molecule has 0 fully saturated rings. The van der Waals surface area contributed by atoms with Gasteiger partial charge in [0.15, 0.2) is 0 Å². The van der Waals surface area contributed by atoms with Gasteiger partial charge in [-0.15, -0.1) is 0 Å². The third kappa shape index (κ3) is 4.08. The summed E-state index contributed by atoms with van der Waals surface area (Å²) in [4.78, 5) is 3.98. The highest BCUT2D eigenvalue weighted by Crippen LogP contribution is 2.22. The highest BCUT2D eigenvalue weighted by molar-refractivity contribution is 9.10. The minimum Gasteiger partial charge on any atom is -0.494 e. The van der Waals surface area contributed by atoms with Crippen molar-refractivity contribution in [1.29, 1.82) is 5.26 Å². The van der Waals surface area contributed by atoms with Gasteiger partial charge in [0.25, 0.3) is 0 Å². The Morgan fingerprint density at radius 3 is 2.68 bits per heavy atom. The predicted molar refractivity (Wildman–Crippen MR) is 76.9 cm³/mol. The summed E-state index contributed by atoms with van der Waals surface area (Å²) in [6, 6.07) is 11.5. The molecule has 0 saturated heterocycles. The van der Waals surface area contributed by atoms with Crippen LogP contribution < -0.4 is 4.74 Å². The van der Waals surface area contributed by atoms with E-state index < -0.39 is 0 Å². The van der Waals surface area contributed by atoms with E-state index in [2.05, 4.69) is 27.0 Å². The Morgan fingerprint density at radius 1 is 1.21 bits per heavy atom. The number of hydrogen-bond acceptors (Lipinski definition) is 3. The standard InChI is InChI=1S/C15H13BrN2O/c16-15-10-14(4-3-13(15)11-17)19-9-1-2-12-5-7-18-8-6-12/h3-8,10H,1-2,9H2. The van der Waals surface area contributed by atoms with Crippen LogP contribution in [0.2, 0.25) is 0 Å². The Hall–Kier alpha value is -1.86. The lowest BCUT2D eigenvalue weighted by atomic mass is 10.1. The monoisotopic (exact) mass is 316 g/mol. The molecular weight excluding hydrogens is 304 g/mol. The Labute approximate surface area is 121 Å². The van der Waals surface area contributed by atoms with Gasteiger partial charge in [-0.1, -0.05) is 0 Å². The van der Waals surface area contributed by atoms with Gasteiger partial charge in [0.1, 0.15) is 11.8 Å². The number of ether oxygens (including phenoxy) is 1. The molecule has 2 aromatic rings. The minimum absolute atomic E-state index is 0.615. The number of nitriles is 1. The molecule has 0 atom stereocenters. The van der Waals surface area contributed by atoms with Gasteiger partial charge in [0.05, 0.1) is 12.2 Å². The lowest BCUT2D eigenvalue weighted by Crippen LogP contribution is -1.99. The van der Waals surface area contributed by atoms with Crippen LogP contribution in [0.3, 0.4) is 0 Å². The van der Waals surface area contributed by atoms with Crippen molar-refractivity contribution in [3.63, 3.8) is 0 Å². The van der Waals surface area contributed by atoms with Crippen LogP contribution in [-0.4, -0.2) is 11.6 Å². The lowest BCUT2D eigenvalue weighted by Gasteiger charge is -2.07. The molecule has 0 amide bonds. The first kappa shape index (κ1) is 13.6. The average Bonchev–Trinajstić information content (AvgIpc) is 2.45. The van der Waals surface area contributed by atoms with Crippen LogP contribution in [0.25, 0.3) is 0 Å². The molecule has 0 bridgehead atoms. The van der Waals surface area contributed by atoms with Crippen molar-refractivity contribution in [1.82, 2.24) is 4.98 Å². The zero-order valence-electron chi connectivity index (χ0n) is 10.3. The zero-order chi connectivity index (χ0) is 13.5. The van der Waals surface area contributed by atoms with E-state index in [1.54, 1.807) is 18.5 Å². The van der Waals surface area contributed by atoms with E-state index in [1.807, 2.05) is 24.3 Å². The van der Waals surface area contributed by atoms with Crippen molar-refractivity contribution in [3.8, 4) is 11.8 Å². The number of nitrogens with zero attached hydrogens (tertiary/aromatic N) is 2. The van der Waals surface area contributed by atoms with Gasteiger partial charge in [-0.25, -0.2) is 0 Å². The summed E-state index contributed by atoms with van der Waals surface area (Å²) in [5, 5.41) is 8.82. The second-order valence-electron chi connectivity index (χ2n) is 4.06. The van der Waals surface area contributed by atoms with Crippen molar-refractivity contribution < 1.29 is 4.74 Å². The minimum atomic E-state index is 0.615. The smallest absolute Gasteiger partial charge is 0.120 e. The number of aryl methyl sites for hydroxylation is 1. The Morgan fingerprint density at radius 2 is 2.00 bits per heavy atom. The molecular formula is C15H13BrN2O. The predicted octanol–water partition coefficient (Wildman–Crippen LogP) is 3.73. The molecule has 1 aromatic heterocycles. The zero-order valence-corrected chi connectivity index (χ0v) is 11.9. The van der Waals surface area contributed by atoms with Gasteiger partial charge >= 0.3 is 0 Å². The number of hydrogen-bond donors (Lipinski definition) is 0. The molecule has 96 valence electrons. The van der Waals surface area contributed by atoms with E-state index in [-0.39, 0.29) is 0 Å². The largest absolute Gasteiger partial charge is 0.494 e. The van der Waals surface area contributed by atoms with Crippen LogP contribution >= 0.6 is 15.9 Å². The Kier molecular flexibility index (Phi) is 4.93. The van der Waals surface area contributed by atoms with Crippen LogP contribution in [0.4, 0.5) is 0 Å². The summed E-state index contributed by atoms with van der Waals surface area (Å²) in [5.74, 6) is 0.778. The van der Waals surface area contributed by atoms with Crippen molar-refractivity contribution in [2.24, 2.45) is 0 Å². The molecule has 1 heterocycles. The maximum Gasteiger partial charge on any atom is 0.120 e. The first-order valence-corrected chi connectivity index (χ1v) is 6.80. The van der Waals surface area contributed by atoms with Gasteiger partial charge in [0, 0.05) is 16.9 Å². The molecule has 1 aromatic carbocycles. The fourth-order valence-electron chi connectivity index (χ4n) is 1.69. The summed E-state index contributed by atoms with van der Waals surface area (Å²) in [6.45, 7) is 0.653. The number of pyridine rings is 1. The summed E-state index contributed by atoms with van der Waals surface area (Å²) in [7, 11) is 0. The molecule has 0 aliphatic carbocycles. The molecule has 0 aliphatic rings. The molecule has 0 N–H and O–H groups in total. The van der Waals surface area contributed by atoms with E-state index in [0.29, 0.717) is 12.2 Å². The van der Waals surface area contributed by atoms with Crippen molar-refractivity contribution >= 4 is 15.9 Å². The SMILES string of the molecule is N#Cc1ccc(OCCCc2ccncc2)cc1Br. The van der Waals surface area contributed by atoms with Crippen LogP contribution in [0.1, 0.15) is 17.5 Å². The molecule has 4 heteroatoms. The van der Waals surface area contributed by atoms with E-state index >= 15 is 0 Å². The van der Waals surface area contributed by atoms with Crippen LogP contribution in [-0.2, 0) is 6.42 Å². The number of aromatic nitrogens is 1. The molecule has 0 aliphatic heterocycles. The molecule has 0 radical (unpaired) electrons. The Balaban J connectivity index is 1.80. The summed E-state index contributed by atoms with van der Waals surface area (Å²) in [5.41, 5.74) is 1.88. The van der Waals surface area contributed by atoms with E-state index in [9.17, 15) is 0 Å². The van der Waals surface area contributed by atoms with Crippen LogP contribution in [0.5, 0.6) is 5.75 Å². The topological polar surface area (TPSA) is 45.9 Å². The fourth-order valence-corrected chi connectivity index (χ4v) is 2.14. The fraction of sp³-hybridized carbons (Fsp3) is 0.200. The summed E-state index contributed by atoms with van der Waals surface area (Å²) < 4.78 is 6.42. The highest BCUT2D eigenvalue weighted by atomic mass is 79.9. The van der Waals surface area contributed by atoms with Crippen molar-refractivity contribution in [2.75, 3.05) is 6.61 Å². The first-order chi connectivity index (χ1) is 9.29. The first-order valence-electron chi connectivity index (χ1n) is 6.01. The van der Waals surface area contributed by atoms with Gasteiger partial charge in [0.2, 0.25) is 0 Å². The average molecular weight is 317 g/mol. The van der Waals surface area contributed by atoms with E-state index in [1.165, 1.54) is 5.56 Å². The molecule has 0 saturated carbocycles. The number of benzene rings is 1. The van der Waals surface area contributed by atoms with Gasteiger partial charge in [-0.3, -0.25) is 4.98 Å². The van der Waals surface area contributed by atoms with Crippen molar-refractivity contribution in [2.45, 2.75) is 12.8 Å². The Bertz CT molecular complexity index is 578. The van der Waals surface area contributed by atoms with Gasteiger partial charge in [-0.2, -0.15) is 5.26 Å². The number of halogens is 1. The lowest BCUT2D eigenvalue weighted by molar-refractivity contribution is 0.311. The van der Waals surface area contributed by atoms with E-state index in [4.69, 9.17) is 10.00 Å². The maximum absolute atomic E-state index is 8.82. The van der Waals surface area contributed by atoms with E-state index in [0.717, 1.165) is 23.1 Å². The molecule has 19 heavy (non-hydrogen) atoms. The molecule has 0 spiro atoms. The highest BCUT2D eigenvalue weighted by Gasteiger charge is 2.01. The van der Waals surface area contributed by atoms with Gasteiger partial charge < -0.3 is 4.74 Å². The molecule has 2 rings (SSSR count). The number of rotatable bonds is 5. The summed E-state index contributed by atoms with van der Waals surface area (Å²) >= 11 is 3.34. The third-order valence-corrected chi connectivity index (χ3v) is 3.34. The maximum atomic E-state index is 8.82. The van der Waals surface area contributed by atoms with Crippen molar-refractivity contribution in [3.05, 3.63) is 58.3 Å². The normalized spacial score (nSPS) is 9.89. The molecule has 3 nitrogen and oxygen atoms in total. The van der Waals surface area contributed by atoms with Crippen LogP contribution in [0.15, 0.2) is 47.2 Å². The third-order valence-electron chi connectivity index (χ3n) is 2.69. The molecule has 0 unspecified atom stereocenters. The quantitative estimate of drug-likeness (QED) is 0.790. The second-order valence-corrected chi connectivity index (χ2v) is 4.92.